The van der Waals surface area contributed by atoms with Crippen molar-refractivity contribution in [3.8, 4) is 5.75 Å². The van der Waals surface area contributed by atoms with Gasteiger partial charge in [0.15, 0.2) is 0 Å². The van der Waals surface area contributed by atoms with Crippen LogP contribution in [-0.4, -0.2) is 33.5 Å². The zero-order valence-corrected chi connectivity index (χ0v) is 14.2. The maximum absolute atomic E-state index is 11.9. The van der Waals surface area contributed by atoms with Crippen molar-refractivity contribution in [1.29, 1.82) is 0 Å². The van der Waals surface area contributed by atoms with Gasteiger partial charge < -0.3 is 14.9 Å². The lowest BCUT2D eigenvalue weighted by molar-refractivity contribution is 0.0693. The van der Waals surface area contributed by atoms with Crippen LogP contribution in [0.15, 0.2) is 18.2 Å². The first-order valence-electron chi connectivity index (χ1n) is 7.63. The van der Waals surface area contributed by atoms with E-state index in [1.54, 1.807) is 11.8 Å². The maximum atomic E-state index is 11.9. The number of rotatable bonds is 9. The average Bonchev–Trinajstić information content (AvgIpc) is 2.47. The van der Waals surface area contributed by atoms with Crippen LogP contribution in [0.5, 0.6) is 5.75 Å². The average molecular weight is 341 g/mol. The van der Waals surface area contributed by atoms with Crippen LogP contribution in [0.25, 0.3) is 0 Å². The lowest BCUT2D eigenvalue weighted by Crippen LogP contribution is -2.20. The topological polar surface area (TPSA) is 95.9 Å². The Morgan fingerprint density at radius 3 is 2.61 bits per heavy atom. The minimum absolute atomic E-state index is 0.210. The number of amides is 1. The molecule has 0 aromatic heterocycles. The van der Waals surface area contributed by atoms with E-state index in [1.807, 2.05) is 6.92 Å². The first kappa shape index (κ1) is 19.2. The van der Waals surface area contributed by atoms with Gasteiger partial charge in [0, 0.05) is 11.8 Å². The molecule has 23 heavy (non-hydrogen) atoms. The number of hydrogen-bond acceptors (Lipinski definition) is 5. The molecule has 1 amide bonds. The number of anilines is 1. The number of benzene rings is 1. The summed E-state index contributed by atoms with van der Waals surface area (Å²) < 4.78 is 5.37. The number of carboxylic acid groups (broad SMARTS) is 1. The summed E-state index contributed by atoms with van der Waals surface area (Å²) in [4.78, 5) is 22.7. The summed E-state index contributed by atoms with van der Waals surface area (Å²) in [6, 6.07) is 3.82. The van der Waals surface area contributed by atoms with E-state index in [-0.39, 0.29) is 16.7 Å². The molecule has 0 bridgehead atoms. The largest absolute Gasteiger partial charge is 0.507 e. The third-order valence-electron chi connectivity index (χ3n) is 3.11. The first-order chi connectivity index (χ1) is 11.0. The van der Waals surface area contributed by atoms with Crippen LogP contribution in [0.4, 0.5) is 10.5 Å². The molecule has 1 aromatic carbocycles. The number of hydrogen-bond donors (Lipinski definition) is 3. The number of carbonyl (C=O) groups excluding carboxylic acids is 1. The van der Waals surface area contributed by atoms with E-state index in [1.165, 1.54) is 18.2 Å². The fourth-order valence-corrected chi connectivity index (χ4v) is 2.84. The maximum Gasteiger partial charge on any atom is 0.412 e. The van der Waals surface area contributed by atoms with Crippen LogP contribution in [0, 0.1) is 0 Å². The van der Waals surface area contributed by atoms with Gasteiger partial charge in [-0.25, -0.2) is 9.59 Å². The number of ether oxygens (including phenoxy) is 1. The second-order valence-corrected chi connectivity index (χ2v) is 6.38. The molecule has 0 saturated carbocycles. The summed E-state index contributed by atoms with van der Waals surface area (Å²) >= 11 is 1.57. The molecule has 0 aliphatic rings. The van der Waals surface area contributed by atoms with E-state index in [0.29, 0.717) is 0 Å². The zero-order valence-electron chi connectivity index (χ0n) is 13.4. The number of aromatic hydroxyl groups is 1. The first-order valence-corrected chi connectivity index (χ1v) is 8.68. The van der Waals surface area contributed by atoms with Crippen molar-refractivity contribution in [2.45, 2.75) is 45.0 Å². The van der Waals surface area contributed by atoms with Crippen LogP contribution >= 0.6 is 11.8 Å². The quantitative estimate of drug-likeness (QED) is 0.458. The molecule has 7 heteroatoms. The Labute approximate surface area is 140 Å². The predicted octanol–water partition coefficient (Wildman–Crippen LogP) is 4.30. The predicted molar refractivity (Wildman–Crippen MR) is 91.2 cm³/mol. The van der Waals surface area contributed by atoms with Crippen LogP contribution in [0.2, 0.25) is 0 Å². The molecule has 0 saturated heterocycles. The smallest absolute Gasteiger partial charge is 0.412 e. The molecule has 128 valence electrons. The van der Waals surface area contributed by atoms with E-state index in [2.05, 4.69) is 12.2 Å². The molecule has 3 N–H and O–H groups in total. The number of phenols is 1. The number of thioether (sulfide) groups is 1. The summed E-state index contributed by atoms with van der Waals surface area (Å²) in [5.41, 5.74) is -0.146. The molecule has 0 fully saturated rings. The van der Waals surface area contributed by atoms with E-state index in [0.717, 1.165) is 31.4 Å². The van der Waals surface area contributed by atoms with Crippen molar-refractivity contribution >= 4 is 29.5 Å². The molecule has 0 aliphatic carbocycles. The van der Waals surface area contributed by atoms with Gasteiger partial charge in [-0.3, -0.25) is 5.32 Å². The van der Waals surface area contributed by atoms with Gasteiger partial charge in [-0.15, -0.1) is 11.8 Å². The number of carboxylic acids is 1. The van der Waals surface area contributed by atoms with Gasteiger partial charge in [-0.2, -0.15) is 0 Å². The summed E-state index contributed by atoms with van der Waals surface area (Å²) in [7, 11) is 0. The van der Waals surface area contributed by atoms with Crippen LogP contribution in [0.1, 0.15) is 49.9 Å². The monoisotopic (exact) mass is 341 g/mol. The molecule has 1 unspecified atom stereocenters. The minimum Gasteiger partial charge on any atom is -0.507 e. The highest BCUT2D eigenvalue weighted by molar-refractivity contribution is 7.99. The van der Waals surface area contributed by atoms with Gasteiger partial charge in [0.05, 0.1) is 0 Å². The molecule has 0 heterocycles. The van der Waals surface area contributed by atoms with E-state index < -0.39 is 17.8 Å². The van der Waals surface area contributed by atoms with Crippen molar-refractivity contribution in [2.75, 3.05) is 11.1 Å². The molecule has 6 nitrogen and oxygen atoms in total. The molecule has 0 radical (unpaired) electrons. The van der Waals surface area contributed by atoms with Crippen molar-refractivity contribution < 1.29 is 24.5 Å². The van der Waals surface area contributed by atoms with Crippen molar-refractivity contribution in [3.63, 3.8) is 0 Å². The van der Waals surface area contributed by atoms with Crippen LogP contribution < -0.4 is 5.32 Å². The Morgan fingerprint density at radius 1 is 1.30 bits per heavy atom. The van der Waals surface area contributed by atoms with Crippen molar-refractivity contribution in [3.05, 3.63) is 23.8 Å². The lowest BCUT2D eigenvalue weighted by Gasteiger charge is -2.17. The second-order valence-electron chi connectivity index (χ2n) is 4.95. The van der Waals surface area contributed by atoms with Gasteiger partial charge in [0.25, 0.3) is 0 Å². The SMILES string of the molecule is CCCCCC(OC(=O)Nc1ccc(C(=O)O)c(O)c1)SCC. The van der Waals surface area contributed by atoms with E-state index >= 15 is 0 Å². The highest BCUT2D eigenvalue weighted by Gasteiger charge is 2.15. The Bertz CT molecular complexity index is 535. The lowest BCUT2D eigenvalue weighted by atomic mass is 10.2. The molecule has 1 rings (SSSR count). The molecule has 0 spiro atoms. The summed E-state index contributed by atoms with van der Waals surface area (Å²) in [5, 5.41) is 21.0. The number of aromatic carboxylic acids is 1. The fourth-order valence-electron chi connectivity index (χ4n) is 1.98. The minimum atomic E-state index is -1.23. The summed E-state index contributed by atoms with van der Waals surface area (Å²) in [6.45, 7) is 4.12. The third-order valence-corrected chi connectivity index (χ3v) is 4.15. The highest BCUT2D eigenvalue weighted by atomic mass is 32.2. The van der Waals surface area contributed by atoms with Crippen molar-refractivity contribution in [2.24, 2.45) is 0 Å². The molecular weight excluding hydrogens is 318 g/mol. The molecule has 1 atom stereocenters. The third kappa shape index (κ3) is 6.81. The van der Waals surface area contributed by atoms with Gasteiger partial charge in [-0.05, 0) is 30.7 Å². The number of nitrogens with one attached hydrogen (secondary N) is 1. The highest BCUT2D eigenvalue weighted by Crippen LogP contribution is 2.23. The van der Waals surface area contributed by atoms with E-state index in [9.17, 15) is 14.7 Å². The van der Waals surface area contributed by atoms with Gasteiger partial charge >= 0.3 is 12.1 Å². The zero-order chi connectivity index (χ0) is 17.2. The normalized spacial score (nSPS) is 11.7. The summed E-state index contributed by atoms with van der Waals surface area (Å²) in [6.07, 6.45) is 3.37. The Hall–Kier alpha value is -1.89. The van der Waals surface area contributed by atoms with Crippen LogP contribution in [-0.2, 0) is 4.74 Å². The number of unbranched alkanes of at least 4 members (excludes halogenated alkanes) is 2. The molecular formula is C16H23NO5S. The second kappa shape index (κ2) is 9.99. The molecule has 0 aliphatic heterocycles. The summed E-state index contributed by atoms with van der Waals surface area (Å²) in [5.74, 6) is -0.789. The Morgan fingerprint density at radius 2 is 2.04 bits per heavy atom. The van der Waals surface area contributed by atoms with Gasteiger partial charge in [-0.1, -0.05) is 26.7 Å². The van der Waals surface area contributed by atoms with Gasteiger partial charge in [0.1, 0.15) is 16.7 Å². The molecule has 1 aromatic rings. The van der Waals surface area contributed by atoms with Crippen LogP contribution in [0.3, 0.4) is 0 Å². The standard InChI is InChI=1S/C16H23NO5S/c1-3-5-6-7-14(23-4-2)22-16(21)17-11-8-9-12(15(19)20)13(18)10-11/h8-10,14,18H,3-7H2,1-2H3,(H,17,21)(H,19,20). The number of carbonyl (C=O) groups is 2. The Balaban J connectivity index is 2.59. The van der Waals surface area contributed by atoms with Gasteiger partial charge in [0.2, 0.25) is 0 Å². The van der Waals surface area contributed by atoms with E-state index in [4.69, 9.17) is 9.84 Å². The van der Waals surface area contributed by atoms with Crippen molar-refractivity contribution in [1.82, 2.24) is 0 Å². The fraction of sp³-hybridized carbons (Fsp3) is 0.500. The Kier molecular flexibility index (Phi) is 8.32.